The minimum Gasteiger partial charge on any atom is -0.457 e. The SMILES string of the molecule is CNCc1ccc(Cl)cc1Oc1ccc(C)cc1C. The molecule has 0 aromatic heterocycles. The summed E-state index contributed by atoms with van der Waals surface area (Å²) in [6.45, 7) is 4.87. The van der Waals surface area contributed by atoms with Crippen LogP contribution in [0.2, 0.25) is 5.02 Å². The Balaban J connectivity index is 2.33. The van der Waals surface area contributed by atoms with Crippen LogP contribution in [-0.4, -0.2) is 7.05 Å². The van der Waals surface area contributed by atoms with Gasteiger partial charge in [-0.15, -0.1) is 0 Å². The summed E-state index contributed by atoms with van der Waals surface area (Å²) >= 11 is 6.05. The third-order valence-corrected chi connectivity index (χ3v) is 3.18. The van der Waals surface area contributed by atoms with E-state index in [4.69, 9.17) is 16.3 Å². The Morgan fingerprint density at radius 3 is 2.53 bits per heavy atom. The number of hydrogen-bond acceptors (Lipinski definition) is 2. The van der Waals surface area contributed by atoms with Crippen LogP contribution < -0.4 is 10.1 Å². The average molecular weight is 276 g/mol. The van der Waals surface area contributed by atoms with E-state index in [-0.39, 0.29) is 0 Å². The predicted molar refractivity (Wildman–Crippen MR) is 80.2 cm³/mol. The molecule has 2 aromatic carbocycles. The second-order valence-corrected chi connectivity index (χ2v) is 5.09. The first kappa shape index (κ1) is 13.9. The first-order chi connectivity index (χ1) is 9.10. The van der Waals surface area contributed by atoms with Crippen molar-refractivity contribution >= 4 is 11.6 Å². The molecule has 0 fully saturated rings. The van der Waals surface area contributed by atoms with Crippen LogP contribution in [0.3, 0.4) is 0 Å². The summed E-state index contributed by atoms with van der Waals surface area (Å²) in [7, 11) is 1.91. The highest BCUT2D eigenvalue weighted by Gasteiger charge is 2.07. The molecule has 0 saturated heterocycles. The normalized spacial score (nSPS) is 10.5. The van der Waals surface area contributed by atoms with Crippen LogP contribution in [-0.2, 0) is 6.54 Å². The zero-order valence-corrected chi connectivity index (χ0v) is 12.2. The molecule has 2 nitrogen and oxygen atoms in total. The summed E-state index contributed by atoms with van der Waals surface area (Å²) in [6.07, 6.45) is 0. The van der Waals surface area contributed by atoms with E-state index in [0.29, 0.717) is 5.02 Å². The minimum atomic E-state index is 0.680. The second kappa shape index (κ2) is 6.09. The third-order valence-electron chi connectivity index (χ3n) is 2.95. The Morgan fingerprint density at radius 1 is 1.05 bits per heavy atom. The molecular formula is C16H18ClNO. The van der Waals surface area contributed by atoms with E-state index in [1.807, 2.05) is 44.3 Å². The van der Waals surface area contributed by atoms with Gasteiger partial charge in [-0.1, -0.05) is 35.4 Å². The quantitative estimate of drug-likeness (QED) is 0.889. The molecule has 0 aliphatic carbocycles. The molecular weight excluding hydrogens is 258 g/mol. The number of ether oxygens (including phenoxy) is 1. The van der Waals surface area contributed by atoms with Gasteiger partial charge in [0.25, 0.3) is 0 Å². The Labute approximate surface area is 119 Å². The van der Waals surface area contributed by atoms with Crippen molar-refractivity contribution in [3.05, 3.63) is 58.1 Å². The van der Waals surface area contributed by atoms with E-state index in [0.717, 1.165) is 29.2 Å². The van der Waals surface area contributed by atoms with Crippen molar-refractivity contribution in [3.8, 4) is 11.5 Å². The average Bonchev–Trinajstić information content (AvgIpc) is 2.36. The molecule has 0 amide bonds. The van der Waals surface area contributed by atoms with Gasteiger partial charge in [0.1, 0.15) is 11.5 Å². The highest BCUT2D eigenvalue weighted by atomic mass is 35.5. The maximum Gasteiger partial charge on any atom is 0.133 e. The Hall–Kier alpha value is -1.51. The first-order valence-corrected chi connectivity index (χ1v) is 6.66. The number of nitrogens with one attached hydrogen (secondary N) is 1. The molecule has 0 radical (unpaired) electrons. The van der Waals surface area contributed by atoms with Gasteiger partial charge in [0.05, 0.1) is 0 Å². The lowest BCUT2D eigenvalue weighted by Crippen LogP contribution is -2.06. The lowest BCUT2D eigenvalue weighted by molar-refractivity contribution is 0.470. The lowest BCUT2D eigenvalue weighted by Gasteiger charge is -2.13. The number of rotatable bonds is 4. The van der Waals surface area contributed by atoms with Gasteiger partial charge in [-0.2, -0.15) is 0 Å². The molecule has 0 heterocycles. The van der Waals surface area contributed by atoms with Crippen LogP contribution in [0.5, 0.6) is 11.5 Å². The Morgan fingerprint density at radius 2 is 1.84 bits per heavy atom. The Kier molecular flexibility index (Phi) is 4.46. The summed E-state index contributed by atoms with van der Waals surface area (Å²) in [5, 5.41) is 3.81. The molecule has 0 unspecified atom stereocenters. The smallest absolute Gasteiger partial charge is 0.133 e. The number of hydrogen-bond donors (Lipinski definition) is 1. The van der Waals surface area contributed by atoms with E-state index in [1.165, 1.54) is 5.56 Å². The molecule has 0 bridgehead atoms. The van der Waals surface area contributed by atoms with Gasteiger partial charge in [-0.25, -0.2) is 0 Å². The first-order valence-electron chi connectivity index (χ1n) is 6.28. The number of aryl methyl sites for hydroxylation is 2. The summed E-state index contributed by atoms with van der Waals surface area (Å²) in [6, 6.07) is 11.9. The van der Waals surface area contributed by atoms with Gasteiger partial charge in [0.2, 0.25) is 0 Å². The van der Waals surface area contributed by atoms with Crippen molar-refractivity contribution < 1.29 is 4.74 Å². The predicted octanol–water partition coefficient (Wildman–Crippen LogP) is 4.47. The standard InChI is InChI=1S/C16H18ClNO/c1-11-4-7-15(12(2)8-11)19-16-9-14(17)6-5-13(16)10-18-3/h4-9,18H,10H2,1-3H3. The lowest BCUT2D eigenvalue weighted by atomic mass is 10.1. The van der Waals surface area contributed by atoms with Crippen molar-refractivity contribution in [1.82, 2.24) is 5.32 Å². The van der Waals surface area contributed by atoms with Gasteiger partial charge in [0, 0.05) is 17.1 Å². The maximum atomic E-state index is 6.05. The molecule has 0 aliphatic heterocycles. The van der Waals surface area contributed by atoms with Crippen molar-refractivity contribution in [2.75, 3.05) is 7.05 Å². The molecule has 1 N–H and O–H groups in total. The van der Waals surface area contributed by atoms with E-state index < -0.39 is 0 Å². The van der Waals surface area contributed by atoms with E-state index in [2.05, 4.69) is 18.3 Å². The highest BCUT2D eigenvalue weighted by Crippen LogP contribution is 2.30. The maximum absolute atomic E-state index is 6.05. The van der Waals surface area contributed by atoms with Gasteiger partial charge in [-0.05, 0) is 44.7 Å². The van der Waals surface area contributed by atoms with Crippen LogP contribution in [0.15, 0.2) is 36.4 Å². The number of benzene rings is 2. The van der Waals surface area contributed by atoms with Gasteiger partial charge in [-0.3, -0.25) is 0 Å². The van der Waals surface area contributed by atoms with Crippen LogP contribution in [0, 0.1) is 13.8 Å². The molecule has 0 atom stereocenters. The summed E-state index contributed by atoms with van der Waals surface area (Å²) in [4.78, 5) is 0. The van der Waals surface area contributed by atoms with Crippen LogP contribution >= 0.6 is 11.6 Å². The van der Waals surface area contributed by atoms with Crippen molar-refractivity contribution in [1.29, 1.82) is 0 Å². The van der Waals surface area contributed by atoms with Crippen LogP contribution in [0.1, 0.15) is 16.7 Å². The van der Waals surface area contributed by atoms with E-state index in [9.17, 15) is 0 Å². The van der Waals surface area contributed by atoms with Crippen molar-refractivity contribution in [3.63, 3.8) is 0 Å². The van der Waals surface area contributed by atoms with E-state index in [1.54, 1.807) is 0 Å². The second-order valence-electron chi connectivity index (χ2n) is 4.65. The Bertz CT molecular complexity index is 581. The zero-order chi connectivity index (χ0) is 13.8. The molecule has 2 aromatic rings. The molecule has 100 valence electrons. The highest BCUT2D eigenvalue weighted by molar-refractivity contribution is 6.30. The monoisotopic (exact) mass is 275 g/mol. The van der Waals surface area contributed by atoms with Crippen molar-refractivity contribution in [2.45, 2.75) is 20.4 Å². The summed E-state index contributed by atoms with van der Waals surface area (Å²) in [5.41, 5.74) is 3.44. The van der Waals surface area contributed by atoms with Gasteiger partial charge >= 0.3 is 0 Å². The van der Waals surface area contributed by atoms with Gasteiger partial charge in [0.15, 0.2) is 0 Å². The minimum absolute atomic E-state index is 0.680. The fourth-order valence-electron chi connectivity index (χ4n) is 1.99. The molecule has 3 heteroatoms. The fraction of sp³-hybridized carbons (Fsp3) is 0.250. The van der Waals surface area contributed by atoms with Gasteiger partial charge < -0.3 is 10.1 Å². The molecule has 19 heavy (non-hydrogen) atoms. The fourth-order valence-corrected chi connectivity index (χ4v) is 2.15. The van der Waals surface area contributed by atoms with Crippen LogP contribution in [0.4, 0.5) is 0 Å². The molecule has 0 spiro atoms. The number of halogens is 1. The third kappa shape index (κ3) is 3.49. The topological polar surface area (TPSA) is 21.3 Å². The molecule has 0 saturated carbocycles. The zero-order valence-electron chi connectivity index (χ0n) is 11.5. The summed E-state index contributed by atoms with van der Waals surface area (Å²) < 4.78 is 6.00. The molecule has 0 aliphatic rings. The van der Waals surface area contributed by atoms with Crippen LogP contribution in [0.25, 0.3) is 0 Å². The van der Waals surface area contributed by atoms with E-state index >= 15 is 0 Å². The molecule has 2 rings (SSSR count). The summed E-state index contributed by atoms with van der Waals surface area (Å²) in [5.74, 6) is 1.67. The van der Waals surface area contributed by atoms with Crippen molar-refractivity contribution in [2.24, 2.45) is 0 Å². The largest absolute Gasteiger partial charge is 0.457 e.